The molecule has 0 radical (unpaired) electrons. The van der Waals surface area contributed by atoms with Gasteiger partial charge in [0.1, 0.15) is 0 Å². The van der Waals surface area contributed by atoms with Crippen LogP contribution in [-0.4, -0.2) is 5.91 Å². The number of hydrogen-bond acceptors (Lipinski definition) is 1. The lowest BCUT2D eigenvalue weighted by molar-refractivity contribution is -0.137. The average Bonchev–Trinajstić information content (AvgIpc) is 2.54. The number of alkyl halides is 3. The van der Waals surface area contributed by atoms with E-state index in [1.165, 1.54) is 12.1 Å². The fourth-order valence-corrected chi connectivity index (χ4v) is 2.52. The van der Waals surface area contributed by atoms with E-state index in [9.17, 15) is 18.0 Å². The summed E-state index contributed by atoms with van der Waals surface area (Å²) >= 11 is 0. The van der Waals surface area contributed by atoms with Gasteiger partial charge in [0.05, 0.1) is 12.0 Å². The fourth-order valence-electron chi connectivity index (χ4n) is 2.52. The van der Waals surface area contributed by atoms with Crippen molar-refractivity contribution in [3.8, 4) is 0 Å². The standard InChI is InChI=1S/C19H14F3NO/c20-19(21,22)16-7-3-4-13(10-16)11-18(24)23-17-9-8-14-5-1-2-6-15(14)12-17/h1-10,12H,11H2,(H,23,24). The first-order chi connectivity index (χ1) is 11.4. The highest BCUT2D eigenvalue weighted by atomic mass is 19.4. The second kappa shape index (κ2) is 6.35. The summed E-state index contributed by atoms with van der Waals surface area (Å²) < 4.78 is 38.1. The zero-order chi connectivity index (χ0) is 17.2. The summed E-state index contributed by atoms with van der Waals surface area (Å²) in [5.74, 6) is -0.357. The van der Waals surface area contributed by atoms with Crippen LogP contribution in [0.1, 0.15) is 11.1 Å². The number of benzene rings is 3. The topological polar surface area (TPSA) is 29.1 Å². The van der Waals surface area contributed by atoms with Crippen LogP contribution in [0.2, 0.25) is 0 Å². The molecule has 3 rings (SSSR count). The van der Waals surface area contributed by atoms with Crippen molar-refractivity contribution >= 4 is 22.4 Å². The van der Waals surface area contributed by atoms with Gasteiger partial charge in [0, 0.05) is 5.69 Å². The molecule has 24 heavy (non-hydrogen) atoms. The number of fused-ring (bicyclic) bond motifs is 1. The van der Waals surface area contributed by atoms with Crippen LogP contribution in [0.4, 0.5) is 18.9 Å². The number of amides is 1. The van der Waals surface area contributed by atoms with E-state index in [2.05, 4.69) is 5.32 Å². The van der Waals surface area contributed by atoms with Gasteiger partial charge in [0.15, 0.2) is 0 Å². The third kappa shape index (κ3) is 3.74. The van der Waals surface area contributed by atoms with E-state index in [4.69, 9.17) is 0 Å². The molecule has 0 fully saturated rings. The molecule has 2 nitrogen and oxygen atoms in total. The summed E-state index contributed by atoms with van der Waals surface area (Å²) in [6.45, 7) is 0. The average molecular weight is 329 g/mol. The zero-order valence-corrected chi connectivity index (χ0v) is 12.6. The lowest BCUT2D eigenvalue weighted by Gasteiger charge is -2.09. The molecule has 1 amide bonds. The Morgan fingerprint density at radius 3 is 2.38 bits per heavy atom. The molecule has 0 aliphatic rings. The van der Waals surface area contributed by atoms with Crippen molar-refractivity contribution in [1.29, 1.82) is 0 Å². The summed E-state index contributed by atoms with van der Waals surface area (Å²) in [6.07, 6.45) is -4.53. The number of nitrogens with one attached hydrogen (secondary N) is 1. The molecule has 0 saturated carbocycles. The van der Waals surface area contributed by atoms with Gasteiger partial charge in [-0.1, -0.05) is 48.5 Å². The van der Waals surface area contributed by atoms with Crippen molar-refractivity contribution in [3.63, 3.8) is 0 Å². The molecule has 0 spiro atoms. The van der Waals surface area contributed by atoms with Gasteiger partial charge in [-0.3, -0.25) is 4.79 Å². The molecule has 0 unspecified atom stereocenters. The smallest absolute Gasteiger partial charge is 0.326 e. The van der Waals surface area contributed by atoms with Crippen molar-refractivity contribution in [3.05, 3.63) is 77.9 Å². The maximum atomic E-state index is 12.7. The van der Waals surface area contributed by atoms with Crippen LogP contribution in [0.25, 0.3) is 10.8 Å². The number of carbonyl (C=O) groups excluding carboxylic acids is 1. The molecule has 0 aromatic heterocycles. The predicted molar refractivity (Wildman–Crippen MR) is 87.7 cm³/mol. The SMILES string of the molecule is O=C(Cc1cccc(C(F)(F)F)c1)Nc1ccc2ccccc2c1. The minimum Gasteiger partial charge on any atom is -0.326 e. The number of anilines is 1. The summed E-state index contributed by atoms with van der Waals surface area (Å²) in [6, 6.07) is 18.0. The van der Waals surface area contributed by atoms with Crippen molar-refractivity contribution < 1.29 is 18.0 Å². The molecule has 1 N–H and O–H groups in total. The van der Waals surface area contributed by atoms with E-state index in [0.717, 1.165) is 22.9 Å². The van der Waals surface area contributed by atoms with Gasteiger partial charge in [-0.05, 0) is 34.5 Å². The first-order valence-electron chi connectivity index (χ1n) is 7.36. The molecular weight excluding hydrogens is 315 g/mol. The highest BCUT2D eigenvalue weighted by molar-refractivity contribution is 5.95. The van der Waals surface area contributed by atoms with Crippen LogP contribution in [-0.2, 0) is 17.4 Å². The van der Waals surface area contributed by atoms with Gasteiger partial charge in [0.2, 0.25) is 5.91 Å². The van der Waals surface area contributed by atoms with E-state index >= 15 is 0 Å². The molecule has 3 aromatic rings. The number of hydrogen-bond donors (Lipinski definition) is 1. The van der Waals surface area contributed by atoms with E-state index in [-0.39, 0.29) is 12.3 Å². The Hall–Kier alpha value is -2.82. The number of halogens is 3. The molecule has 0 heterocycles. The first-order valence-corrected chi connectivity index (χ1v) is 7.36. The molecule has 122 valence electrons. The Labute approximate surface area is 136 Å². The van der Waals surface area contributed by atoms with Crippen molar-refractivity contribution in [1.82, 2.24) is 0 Å². The van der Waals surface area contributed by atoms with Gasteiger partial charge in [0.25, 0.3) is 0 Å². The minimum absolute atomic E-state index is 0.114. The van der Waals surface area contributed by atoms with E-state index in [0.29, 0.717) is 11.3 Å². The molecular formula is C19H14F3NO. The maximum Gasteiger partial charge on any atom is 0.416 e. The predicted octanol–water partition coefficient (Wildman–Crippen LogP) is 5.04. The van der Waals surface area contributed by atoms with Crippen LogP contribution in [0.5, 0.6) is 0 Å². The Balaban J connectivity index is 1.73. The molecule has 5 heteroatoms. The van der Waals surface area contributed by atoms with Crippen LogP contribution in [0, 0.1) is 0 Å². The number of rotatable bonds is 3. The fraction of sp³-hybridized carbons (Fsp3) is 0.105. The molecule has 3 aromatic carbocycles. The molecule has 0 bridgehead atoms. The van der Waals surface area contributed by atoms with Gasteiger partial charge in [-0.25, -0.2) is 0 Å². The van der Waals surface area contributed by atoms with Crippen LogP contribution < -0.4 is 5.32 Å². The lowest BCUT2D eigenvalue weighted by atomic mass is 10.1. The van der Waals surface area contributed by atoms with Gasteiger partial charge < -0.3 is 5.32 Å². The van der Waals surface area contributed by atoms with Crippen molar-refractivity contribution in [2.45, 2.75) is 12.6 Å². The molecule has 0 aliphatic heterocycles. The zero-order valence-electron chi connectivity index (χ0n) is 12.6. The van der Waals surface area contributed by atoms with Crippen molar-refractivity contribution in [2.75, 3.05) is 5.32 Å². The molecule has 0 aliphatic carbocycles. The summed E-state index contributed by atoms with van der Waals surface area (Å²) in [5, 5.41) is 4.75. The lowest BCUT2D eigenvalue weighted by Crippen LogP contribution is -2.15. The Kier molecular flexibility index (Phi) is 4.25. The normalized spacial score (nSPS) is 11.5. The van der Waals surface area contributed by atoms with E-state index in [1.807, 2.05) is 36.4 Å². The third-order valence-corrected chi connectivity index (χ3v) is 3.65. The summed E-state index contributed by atoms with van der Waals surface area (Å²) in [7, 11) is 0. The Morgan fingerprint density at radius 2 is 1.62 bits per heavy atom. The summed E-state index contributed by atoms with van der Waals surface area (Å²) in [5.41, 5.74) is 0.187. The first kappa shape index (κ1) is 16.1. The highest BCUT2D eigenvalue weighted by Crippen LogP contribution is 2.29. The van der Waals surface area contributed by atoms with Gasteiger partial charge in [-0.15, -0.1) is 0 Å². The van der Waals surface area contributed by atoms with Crippen molar-refractivity contribution in [2.24, 2.45) is 0 Å². The van der Waals surface area contributed by atoms with Crippen LogP contribution in [0.3, 0.4) is 0 Å². The number of carbonyl (C=O) groups is 1. The Bertz CT molecular complexity index is 887. The third-order valence-electron chi connectivity index (χ3n) is 3.65. The van der Waals surface area contributed by atoms with E-state index < -0.39 is 11.7 Å². The van der Waals surface area contributed by atoms with Crippen LogP contribution in [0.15, 0.2) is 66.7 Å². The second-order valence-corrected chi connectivity index (χ2v) is 5.49. The highest BCUT2D eigenvalue weighted by Gasteiger charge is 2.30. The largest absolute Gasteiger partial charge is 0.416 e. The van der Waals surface area contributed by atoms with Crippen LogP contribution >= 0.6 is 0 Å². The van der Waals surface area contributed by atoms with Gasteiger partial charge >= 0.3 is 6.18 Å². The summed E-state index contributed by atoms with van der Waals surface area (Å²) in [4.78, 5) is 12.1. The monoisotopic (exact) mass is 329 g/mol. The molecule has 0 atom stereocenters. The quantitative estimate of drug-likeness (QED) is 0.716. The van der Waals surface area contributed by atoms with E-state index in [1.54, 1.807) is 6.07 Å². The van der Waals surface area contributed by atoms with Gasteiger partial charge in [-0.2, -0.15) is 13.2 Å². The second-order valence-electron chi connectivity index (χ2n) is 5.49. The molecule has 0 saturated heterocycles. The maximum absolute atomic E-state index is 12.7. The minimum atomic E-state index is -4.41. The Morgan fingerprint density at radius 1 is 0.875 bits per heavy atom.